The zero-order valence-corrected chi connectivity index (χ0v) is 13.7. The molecule has 122 valence electrons. The molecule has 2 N–H and O–H groups in total. The Morgan fingerprint density at radius 3 is 2.35 bits per heavy atom. The molecule has 0 aliphatic rings. The lowest BCUT2D eigenvalue weighted by atomic mass is 10.1. The van der Waals surface area contributed by atoms with Crippen LogP contribution in [0.1, 0.15) is 23.1 Å². The molecule has 0 aliphatic heterocycles. The van der Waals surface area contributed by atoms with E-state index in [0.29, 0.717) is 19.4 Å². The van der Waals surface area contributed by atoms with E-state index in [1.165, 1.54) is 22.6 Å². The fraction of sp³-hybridized carbons (Fsp3) is 0.316. The molecule has 0 spiro atoms. The van der Waals surface area contributed by atoms with Crippen molar-refractivity contribution in [3.63, 3.8) is 0 Å². The molecule has 0 unspecified atom stereocenters. The van der Waals surface area contributed by atoms with Crippen molar-refractivity contribution in [2.75, 3.05) is 14.1 Å². The van der Waals surface area contributed by atoms with Gasteiger partial charge in [-0.25, -0.2) is 4.39 Å². The minimum absolute atomic E-state index is 0.0151. The highest BCUT2D eigenvalue weighted by atomic mass is 19.1. The maximum atomic E-state index is 12.8. The maximum absolute atomic E-state index is 12.8. The van der Waals surface area contributed by atoms with Crippen molar-refractivity contribution < 1.29 is 14.1 Å². The molecule has 0 heterocycles. The first-order valence-corrected chi connectivity index (χ1v) is 7.91. The Labute approximate surface area is 137 Å². The van der Waals surface area contributed by atoms with E-state index in [-0.39, 0.29) is 11.7 Å². The molecule has 0 aromatic heterocycles. The molecule has 23 heavy (non-hydrogen) atoms. The minimum atomic E-state index is -0.252. The summed E-state index contributed by atoms with van der Waals surface area (Å²) < 4.78 is 12.8. The van der Waals surface area contributed by atoms with Crippen molar-refractivity contribution in [3.05, 3.63) is 71.0 Å². The van der Waals surface area contributed by atoms with Crippen LogP contribution in [0.25, 0.3) is 0 Å². The summed E-state index contributed by atoms with van der Waals surface area (Å²) in [6, 6.07) is 14.5. The molecule has 0 bridgehead atoms. The molecule has 0 saturated carbocycles. The highest BCUT2D eigenvalue weighted by molar-refractivity contribution is 5.76. The SMILES string of the molecule is C[NH+](C)Cc1ccccc1CNC(=O)CCc1ccc(F)cc1. The molecule has 0 atom stereocenters. The van der Waals surface area contributed by atoms with E-state index in [2.05, 4.69) is 31.5 Å². The van der Waals surface area contributed by atoms with Crippen molar-refractivity contribution in [1.29, 1.82) is 0 Å². The summed E-state index contributed by atoms with van der Waals surface area (Å²) >= 11 is 0. The Balaban J connectivity index is 1.83. The van der Waals surface area contributed by atoms with Gasteiger partial charge in [-0.05, 0) is 29.7 Å². The molecule has 0 aliphatic carbocycles. The lowest BCUT2D eigenvalue weighted by Crippen LogP contribution is -3.04. The number of rotatable bonds is 7. The van der Waals surface area contributed by atoms with Gasteiger partial charge in [0.25, 0.3) is 0 Å². The molecule has 2 aromatic carbocycles. The summed E-state index contributed by atoms with van der Waals surface area (Å²) in [5.41, 5.74) is 3.38. The van der Waals surface area contributed by atoms with Gasteiger partial charge >= 0.3 is 0 Å². The van der Waals surface area contributed by atoms with E-state index >= 15 is 0 Å². The van der Waals surface area contributed by atoms with Gasteiger partial charge in [0, 0.05) is 18.5 Å². The minimum Gasteiger partial charge on any atom is -0.352 e. The standard InChI is InChI=1S/C19H23FN2O/c1-22(2)14-17-6-4-3-5-16(17)13-21-19(23)12-9-15-7-10-18(20)11-8-15/h3-8,10-11H,9,12-14H2,1-2H3,(H,21,23)/p+1. The van der Waals surface area contributed by atoms with Crippen molar-refractivity contribution in [3.8, 4) is 0 Å². The van der Waals surface area contributed by atoms with Crippen molar-refractivity contribution in [2.45, 2.75) is 25.9 Å². The van der Waals surface area contributed by atoms with Crippen LogP contribution in [-0.2, 0) is 24.3 Å². The van der Waals surface area contributed by atoms with Gasteiger partial charge in [-0.15, -0.1) is 0 Å². The first-order valence-electron chi connectivity index (χ1n) is 7.91. The van der Waals surface area contributed by atoms with Gasteiger partial charge in [-0.1, -0.05) is 36.4 Å². The number of amides is 1. The predicted molar refractivity (Wildman–Crippen MR) is 89.5 cm³/mol. The van der Waals surface area contributed by atoms with Gasteiger partial charge in [-0.2, -0.15) is 0 Å². The summed E-state index contributed by atoms with van der Waals surface area (Å²) in [7, 11) is 4.22. The first kappa shape index (κ1) is 17.2. The Morgan fingerprint density at radius 1 is 1.04 bits per heavy atom. The Hall–Kier alpha value is -2.20. The zero-order chi connectivity index (χ0) is 16.7. The Kier molecular flexibility index (Phi) is 6.29. The second-order valence-electron chi connectivity index (χ2n) is 6.06. The average Bonchev–Trinajstić information content (AvgIpc) is 2.53. The number of halogens is 1. The fourth-order valence-electron chi connectivity index (χ4n) is 2.47. The third-order valence-corrected chi connectivity index (χ3v) is 3.69. The number of hydrogen-bond donors (Lipinski definition) is 2. The lowest BCUT2D eigenvalue weighted by Gasteiger charge is -2.13. The molecular formula is C19H24FN2O+. The zero-order valence-electron chi connectivity index (χ0n) is 13.7. The summed E-state index contributed by atoms with van der Waals surface area (Å²) in [4.78, 5) is 13.3. The molecule has 4 heteroatoms. The van der Waals surface area contributed by atoms with Crippen LogP contribution in [0.15, 0.2) is 48.5 Å². The van der Waals surface area contributed by atoms with Crippen LogP contribution in [0.3, 0.4) is 0 Å². The van der Waals surface area contributed by atoms with Crippen LogP contribution in [0.4, 0.5) is 4.39 Å². The van der Waals surface area contributed by atoms with Gasteiger partial charge in [0.1, 0.15) is 12.4 Å². The van der Waals surface area contributed by atoms with E-state index < -0.39 is 0 Å². The molecule has 2 rings (SSSR count). The predicted octanol–water partition coefficient (Wildman–Crippen LogP) is 1.72. The second-order valence-corrected chi connectivity index (χ2v) is 6.06. The number of carbonyl (C=O) groups excluding carboxylic acids is 1. The van der Waals surface area contributed by atoms with Gasteiger partial charge in [0.2, 0.25) is 5.91 Å². The number of nitrogens with one attached hydrogen (secondary N) is 2. The second kappa shape index (κ2) is 8.44. The highest BCUT2D eigenvalue weighted by Gasteiger charge is 2.07. The van der Waals surface area contributed by atoms with Crippen LogP contribution in [0.2, 0.25) is 0 Å². The quantitative estimate of drug-likeness (QED) is 0.801. The van der Waals surface area contributed by atoms with Crippen LogP contribution in [0, 0.1) is 5.82 Å². The summed E-state index contributed by atoms with van der Waals surface area (Å²) in [6.45, 7) is 1.48. The fourth-order valence-corrected chi connectivity index (χ4v) is 2.47. The third-order valence-electron chi connectivity index (χ3n) is 3.69. The van der Waals surface area contributed by atoms with Gasteiger partial charge in [-0.3, -0.25) is 4.79 Å². The molecule has 0 radical (unpaired) electrons. The maximum Gasteiger partial charge on any atom is 0.220 e. The highest BCUT2D eigenvalue weighted by Crippen LogP contribution is 2.08. The van der Waals surface area contributed by atoms with Crippen molar-refractivity contribution >= 4 is 5.91 Å². The molecule has 0 fully saturated rings. The molecule has 1 amide bonds. The number of hydrogen-bond acceptors (Lipinski definition) is 1. The number of carbonyl (C=O) groups is 1. The summed E-state index contributed by atoms with van der Waals surface area (Å²) in [5, 5.41) is 2.97. The lowest BCUT2D eigenvalue weighted by molar-refractivity contribution is -0.872. The van der Waals surface area contributed by atoms with Crippen LogP contribution in [0.5, 0.6) is 0 Å². The van der Waals surface area contributed by atoms with Crippen LogP contribution in [-0.4, -0.2) is 20.0 Å². The summed E-state index contributed by atoms with van der Waals surface area (Å²) in [6.07, 6.45) is 1.03. The summed E-state index contributed by atoms with van der Waals surface area (Å²) in [5.74, 6) is -0.237. The van der Waals surface area contributed by atoms with Crippen molar-refractivity contribution in [1.82, 2.24) is 5.32 Å². The monoisotopic (exact) mass is 315 g/mol. The first-order chi connectivity index (χ1) is 11.0. The van der Waals surface area contributed by atoms with E-state index in [9.17, 15) is 9.18 Å². The van der Waals surface area contributed by atoms with E-state index in [4.69, 9.17) is 0 Å². The normalized spacial score (nSPS) is 10.8. The number of benzene rings is 2. The van der Waals surface area contributed by atoms with Crippen molar-refractivity contribution in [2.24, 2.45) is 0 Å². The Morgan fingerprint density at radius 2 is 1.70 bits per heavy atom. The van der Waals surface area contributed by atoms with E-state index in [1.807, 2.05) is 12.1 Å². The van der Waals surface area contributed by atoms with Crippen LogP contribution >= 0.6 is 0 Å². The van der Waals surface area contributed by atoms with Gasteiger partial charge in [0.05, 0.1) is 14.1 Å². The van der Waals surface area contributed by atoms with Gasteiger partial charge < -0.3 is 10.2 Å². The molecule has 2 aromatic rings. The van der Waals surface area contributed by atoms with E-state index in [0.717, 1.165) is 17.7 Å². The Bertz CT molecular complexity index is 638. The number of aryl methyl sites for hydroxylation is 1. The van der Waals surface area contributed by atoms with Gasteiger partial charge in [0.15, 0.2) is 0 Å². The largest absolute Gasteiger partial charge is 0.352 e. The smallest absolute Gasteiger partial charge is 0.220 e. The average molecular weight is 315 g/mol. The third kappa shape index (κ3) is 5.83. The van der Waals surface area contributed by atoms with Crippen LogP contribution < -0.4 is 10.2 Å². The molecule has 3 nitrogen and oxygen atoms in total. The molecular weight excluding hydrogens is 291 g/mol. The van der Waals surface area contributed by atoms with E-state index in [1.54, 1.807) is 12.1 Å². The number of quaternary nitrogens is 1. The topological polar surface area (TPSA) is 33.5 Å². The molecule has 0 saturated heterocycles.